The van der Waals surface area contributed by atoms with E-state index >= 15 is 0 Å². The number of allylic oxidation sites excluding steroid dienone is 1. The Bertz CT molecular complexity index is 319. The Labute approximate surface area is 89.5 Å². The van der Waals surface area contributed by atoms with Crippen molar-refractivity contribution in [3.05, 3.63) is 23.2 Å². The van der Waals surface area contributed by atoms with E-state index in [1.807, 2.05) is 13.0 Å². The molecule has 1 aliphatic heterocycles. The minimum atomic E-state index is -0.510. The Morgan fingerprint density at radius 3 is 2.93 bits per heavy atom. The Kier molecular flexibility index (Phi) is 2.71. The predicted octanol–water partition coefficient (Wildman–Crippen LogP) is 1.58. The van der Waals surface area contributed by atoms with Gasteiger partial charge in [0.05, 0.1) is 6.61 Å². The lowest BCUT2D eigenvalue weighted by atomic mass is 10.1. The van der Waals surface area contributed by atoms with Gasteiger partial charge in [-0.15, -0.1) is 0 Å². The molecule has 0 saturated carbocycles. The summed E-state index contributed by atoms with van der Waals surface area (Å²) in [6, 6.07) is 0. The fourth-order valence-corrected chi connectivity index (χ4v) is 1.94. The minimum absolute atomic E-state index is 0.235. The molecule has 84 valence electrons. The van der Waals surface area contributed by atoms with Crippen molar-refractivity contribution in [3.8, 4) is 0 Å². The Balaban J connectivity index is 2.26. The van der Waals surface area contributed by atoms with E-state index < -0.39 is 5.60 Å². The SMILES string of the molecule is COCOC1=C2CCOC2=CC1(C)OC. The molecule has 0 aromatic heterocycles. The highest BCUT2D eigenvalue weighted by molar-refractivity contribution is 5.46. The van der Waals surface area contributed by atoms with Crippen molar-refractivity contribution < 1.29 is 18.9 Å². The zero-order valence-corrected chi connectivity index (χ0v) is 9.33. The average Bonchev–Trinajstić information content (AvgIpc) is 2.75. The van der Waals surface area contributed by atoms with Gasteiger partial charge in [-0.2, -0.15) is 0 Å². The molecular weight excluding hydrogens is 196 g/mol. The molecular formula is C11H16O4. The Hall–Kier alpha value is -1.00. The lowest BCUT2D eigenvalue weighted by Gasteiger charge is -2.24. The van der Waals surface area contributed by atoms with E-state index in [9.17, 15) is 0 Å². The van der Waals surface area contributed by atoms with E-state index in [4.69, 9.17) is 18.9 Å². The first kappa shape index (κ1) is 10.5. The van der Waals surface area contributed by atoms with Gasteiger partial charge in [0.15, 0.2) is 6.79 Å². The number of fused-ring (bicyclic) bond motifs is 1. The monoisotopic (exact) mass is 212 g/mol. The van der Waals surface area contributed by atoms with Crippen molar-refractivity contribution in [1.82, 2.24) is 0 Å². The van der Waals surface area contributed by atoms with E-state index in [1.54, 1.807) is 14.2 Å². The molecule has 1 saturated heterocycles. The molecule has 1 heterocycles. The zero-order valence-electron chi connectivity index (χ0n) is 9.33. The normalized spacial score (nSPS) is 28.9. The first-order valence-corrected chi connectivity index (χ1v) is 4.98. The van der Waals surface area contributed by atoms with Gasteiger partial charge in [0.2, 0.25) is 0 Å². The molecule has 1 fully saturated rings. The maximum absolute atomic E-state index is 5.57. The van der Waals surface area contributed by atoms with Crippen molar-refractivity contribution in [1.29, 1.82) is 0 Å². The summed E-state index contributed by atoms with van der Waals surface area (Å²) in [6.45, 7) is 2.92. The van der Waals surface area contributed by atoms with Crippen LogP contribution in [0.1, 0.15) is 13.3 Å². The van der Waals surface area contributed by atoms with Crippen LogP contribution in [0.3, 0.4) is 0 Å². The standard InChI is InChI=1S/C11H16O4/c1-11(13-3)6-9-8(4-5-14-9)10(11)15-7-12-2/h6H,4-5,7H2,1-3H3. The van der Waals surface area contributed by atoms with Gasteiger partial charge in [-0.05, 0) is 13.0 Å². The molecule has 4 heteroatoms. The zero-order chi connectivity index (χ0) is 10.9. The molecule has 2 aliphatic rings. The van der Waals surface area contributed by atoms with Gasteiger partial charge in [0.25, 0.3) is 0 Å². The molecule has 4 nitrogen and oxygen atoms in total. The first-order chi connectivity index (χ1) is 7.21. The summed E-state index contributed by atoms with van der Waals surface area (Å²) in [7, 11) is 3.26. The van der Waals surface area contributed by atoms with Gasteiger partial charge in [-0.25, -0.2) is 0 Å². The number of hydrogen-bond acceptors (Lipinski definition) is 4. The summed E-state index contributed by atoms with van der Waals surface area (Å²) < 4.78 is 21.4. The van der Waals surface area contributed by atoms with E-state index in [1.165, 1.54) is 0 Å². The van der Waals surface area contributed by atoms with Crippen LogP contribution in [0.15, 0.2) is 23.2 Å². The molecule has 0 radical (unpaired) electrons. The highest BCUT2D eigenvalue weighted by Gasteiger charge is 2.41. The van der Waals surface area contributed by atoms with Gasteiger partial charge >= 0.3 is 0 Å². The maximum atomic E-state index is 5.57. The second-order valence-corrected chi connectivity index (χ2v) is 3.78. The smallest absolute Gasteiger partial charge is 0.188 e. The molecule has 0 N–H and O–H groups in total. The molecule has 0 aromatic rings. The second kappa shape index (κ2) is 3.87. The van der Waals surface area contributed by atoms with Crippen molar-refractivity contribution in [2.24, 2.45) is 0 Å². The molecule has 15 heavy (non-hydrogen) atoms. The van der Waals surface area contributed by atoms with Crippen LogP contribution in [0.2, 0.25) is 0 Å². The van der Waals surface area contributed by atoms with Gasteiger partial charge in [0.1, 0.15) is 17.1 Å². The largest absolute Gasteiger partial charge is 0.493 e. The highest BCUT2D eigenvalue weighted by atomic mass is 16.7. The fraction of sp³-hybridized carbons (Fsp3) is 0.636. The molecule has 1 atom stereocenters. The summed E-state index contributed by atoms with van der Waals surface area (Å²) in [5.74, 6) is 1.71. The molecule has 1 aliphatic carbocycles. The van der Waals surface area contributed by atoms with Crippen LogP contribution in [-0.2, 0) is 18.9 Å². The minimum Gasteiger partial charge on any atom is -0.493 e. The van der Waals surface area contributed by atoms with Crippen LogP contribution in [-0.4, -0.2) is 33.2 Å². The van der Waals surface area contributed by atoms with E-state index in [0.29, 0.717) is 0 Å². The number of ether oxygens (including phenoxy) is 4. The van der Waals surface area contributed by atoms with E-state index in [0.717, 1.165) is 30.1 Å². The number of methoxy groups -OCH3 is 2. The second-order valence-electron chi connectivity index (χ2n) is 3.78. The van der Waals surface area contributed by atoms with E-state index in [-0.39, 0.29) is 6.79 Å². The highest BCUT2D eigenvalue weighted by Crippen LogP contribution is 2.42. The van der Waals surface area contributed by atoms with Crippen molar-refractivity contribution in [2.75, 3.05) is 27.6 Å². The summed E-state index contributed by atoms with van der Waals surface area (Å²) in [5, 5.41) is 0. The third-order valence-electron chi connectivity index (χ3n) is 2.78. The van der Waals surface area contributed by atoms with Crippen LogP contribution in [0.4, 0.5) is 0 Å². The van der Waals surface area contributed by atoms with E-state index in [2.05, 4.69) is 0 Å². The summed E-state index contributed by atoms with van der Waals surface area (Å²) >= 11 is 0. The Morgan fingerprint density at radius 2 is 2.27 bits per heavy atom. The average molecular weight is 212 g/mol. The molecule has 0 bridgehead atoms. The van der Waals surface area contributed by atoms with Crippen molar-refractivity contribution in [3.63, 3.8) is 0 Å². The van der Waals surface area contributed by atoms with Crippen LogP contribution < -0.4 is 0 Å². The lowest BCUT2D eigenvalue weighted by molar-refractivity contribution is -0.0440. The van der Waals surface area contributed by atoms with Crippen LogP contribution in [0, 0.1) is 0 Å². The lowest BCUT2D eigenvalue weighted by Crippen LogP contribution is -2.27. The van der Waals surface area contributed by atoms with Gasteiger partial charge < -0.3 is 18.9 Å². The number of rotatable bonds is 4. The predicted molar refractivity (Wildman–Crippen MR) is 54.1 cm³/mol. The van der Waals surface area contributed by atoms with Gasteiger partial charge in [0, 0.05) is 26.2 Å². The summed E-state index contributed by atoms with van der Waals surface area (Å²) in [4.78, 5) is 0. The third kappa shape index (κ3) is 1.64. The topological polar surface area (TPSA) is 36.9 Å². The van der Waals surface area contributed by atoms with Gasteiger partial charge in [-0.3, -0.25) is 0 Å². The first-order valence-electron chi connectivity index (χ1n) is 4.98. The number of hydrogen-bond donors (Lipinski definition) is 0. The Morgan fingerprint density at radius 1 is 1.47 bits per heavy atom. The molecule has 0 amide bonds. The van der Waals surface area contributed by atoms with Crippen LogP contribution >= 0.6 is 0 Å². The molecule has 1 unspecified atom stereocenters. The van der Waals surface area contributed by atoms with Crippen molar-refractivity contribution in [2.45, 2.75) is 18.9 Å². The quantitative estimate of drug-likeness (QED) is 0.663. The van der Waals surface area contributed by atoms with Crippen molar-refractivity contribution >= 4 is 0 Å². The van der Waals surface area contributed by atoms with Crippen LogP contribution in [0.25, 0.3) is 0 Å². The fourth-order valence-electron chi connectivity index (χ4n) is 1.94. The molecule has 0 spiro atoms. The van der Waals surface area contributed by atoms with Crippen LogP contribution in [0.5, 0.6) is 0 Å². The summed E-state index contributed by atoms with van der Waals surface area (Å²) in [5.41, 5.74) is 0.597. The van der Waals surface area contributed by atoms with Gasteiger partial charge in [-0.1, -0.05) is 0 Å². The third-order valence-corrected chi connectivity index (χ3v) is 2.78. The molecule has 2 rings (SSSR count). The maximum Gasteiger partial charge on any atom is 0.188 e. The molecule has 0 aromatic carbocycles. The summed E-state index contributed by atoms with van der Waals surface area (Å²) in [6.07, 6.45) is 2.84.